The zero-order chi connectivity index (χ0) is 28.5. The minimum absolute atomic E-state index is 0.000244. The lowest BCUT2D eigenvalue weighted by Gasteiger charge is -2.34. The summed E-state index contributed by atoms with van der Waals surface area (Å²) in [7, 11) is 2.19. The van der Waals surface area contributed by atoms with Crippen molar-refractivity contribution in [1.82, 2.24) is 15.2 Å². The van der Waals surface area contributed by atoms with Crippen LogP contribution in [0.4, 0.5) is 11.4 Å². The van der Waals surface area contributed by atoms with E-state index in [1.54, 1.807) is 6.20 Å². The summed E-state index contributed by atoms with van der Waals surface area (Å²) in [6.07, 6.45) is 10.1. The lowest BCUT2D eigenvalue weighted by molar-refractivity contribution is -0.123. The Labute approximate surface area is 242 Å². The number of benzene rings is 2. The Bertz CT molecular complexity index is 1590. The van der Waals surface area contributed by atoms with Gasteiger partial charge < -0.3 is 31.2 Å². The Kier molecular flexibility index (Phi) is 7.45. The van der Waals surface area contributed by atoms with Crippen molar-refractivity contribution in [2.75, 3.05) is 50.0 Å². The van der Waals surface area contributed by atoms with Crippen molar-refractivity contribution < 1.29 is 4.79 Å². The van der Waals surface area contributed by atoms with Gasteiger partial charge in [-0.2, -0.15) is 0 Å². The molecule has 1 amide bonds. The number of anilines is 2. The predicted octanol–water partition coefficient (Wildman–Crippen LogP) is 5.45. The molecule has 7 heteroatoms. The fourth-order valence-electron chi connectivity index (χ4n) is 5.57. The largest absolute Gasteiger partial charge is 0.404 e. The van der Waals surface area contributed by atoms with Crippen molar-refractivity contribution in [2.24, 2.45) is 11.7 Å². The van der Waals surface area contributed by atoms with Gasteiger partial charge in [-0.05, 0) is 73.5 Å². The highest BCUT2D eigenvalue weighted by Crippen LogP contribution is 2.38. The third-order valence-corrected chi connectivity index (χ3v) is 8.20. The number of nitrogens with two attached hydrogens (primary N) is 1. The van der Waals surface area contributed by atoms with Crippen LogP contribution in [0.1, 0.15) is 43.5 Å². The van der Waals surface area contributed by atoms with E-state index in [2.05, 4.69) is 87.1 Å². The molecule has 1 aliphatic carbocycles. The quantitative estimate of drug-likeness (QED) is 0.295. The van der Waals surface area contributed by atoms with Crippen LogP contribution in [-0.2, 0) is 4.79 Å². The lowest BCUT2D eigenvalue weighted by Crippen LogP contribution is -2.44. The molecule has 0 unspecified atom stereocenters. The van der Waals surface area contributed by atoms with Gasteiger partial charge in [0.15, 0.2) is 0 Å². The van der Waals surface area contributed by atoms with E-state index in [1.807, 2.05) is 19.9 Å². The first-order chi connectivity index (χ1) is 19.9. The molecule has 0 spiro atoms. The summed E-state index contributed by atoms with van der Waals surface area (Å²) in [5.41, 5.74) is 17.1. The van der Waals surface area contributed by atoms with Crippen LogP contribution in [0.25, 0.3) is 22.0 Å². The number of allylic oxidation sites excluding steroid dienone is 4. The van der Waals surface area contributed by atoms with Crippen LogP contribution in [0, 0.1) is 5.92 Å². The van der Waals surface area contributed by atoms with Crippen molar-refractivity contribution in [1.29, 1.82) is 0 Å². The van der Waals surface area contributed by atoms with Crippen LogP contribution in [0.15, 0.2) is 78.2 Å². The number of nitrogens with one attached hydrogen (secondary N) is 3. The van der Waals surface area contributed by atoms with Gasteiger partial charge in [0.05, 0.1) is 0 Å². The molecule has 2 aliphatic heterocycles. The Morgan fingerprint density at radius 3 is 2.61 bits per heavy atom. The van der Waals surface area contributed by atoms with E-state index < -0.39 is 0 Å². The molecular formula is C34H40N6O. The molecule has 0 atom stereocenters. The highest BCUT2D eigenvalue weighted by molar-refractivity contribution is 5.99. The van der Waals surface area contributed by atoms with Gasteiger partial charge in [0.25, 0.3) is 0 Å². The SMILES string of the molecule is CC(C)C(=O)N/C(C=C1CC1)=C/C(=C\N)c1ccc2c(c1)C(c1cc3c(N4CCN(C)CC4)cccc3[nH]1)=CCN2. The van der Waals surface area contributed by atoms with Gasteiger partial charge in [0.2, 0.25) is 5.91 Å². The first-order valence-electron chi connectivity index (χ1n) is 14.7. The number of piperazine rings is 1. The predicted molar refractivity (Wildman–Crippen MR) is 171 cm³/mol. The molecule has 3 heterocycles. The second-order valence-electron chi connectivity index (χ2n) is 11.6. The van der Waals surface area contributed by atoms with E-state index in [4.69, 9.17) is 5.73 Å². The molecule has 212 valence electrons. The molecule has 3 aromatic rings. The van der Waals surface area contributed by atoms with Crippen LogP contribution < -0.4 is 21.3 Å². The number of aromatic amines is 1. The Morgan fingerprint density at radius 2 is 1.88 bits per heavy atom. The highest BCUT2D eigenvalue weighted by Gasteiger charge is 2.21. The zero-order valence-corrected chi connectivity index (χ0v) is 24.3. The molecule has 1 saturated carbocycles. The number of nitrogens with zero attached hydrogens (tertiary/aromatic N) is 2. The third-order valence-electron chi connectivity index (χ3n) is 8.20. The molecule has 6 rings (SSSR count). The van der Waals surface area contributed by atoms with Crippen LogP contribution in [0.2, 0.25) is 0 Å². The standard InChI is InChI=1S/C34H40N6O/c1-22(2)34(41)37-26(17-23-7-8-23)18-25(21-35)24-9-10-30-28(19-24)27(11-12-36-30)32-20-29-31(38-32)5-4-6-33(29)40-15-13-39(3)14-16-40/h4-6,9-11,17-22,36,38H,7-8,12-16,35H2,1-3H3,(H,37,41)/b25-21+,26-18+. The maximum Gasteiger partial charge on any atom is 0.226 e. The number of carbonyl (C=O) groups excluding carboxylic acids is 1. The molecule has 0 radical (unpaired) electrons. The minimum atomic E-state index is -0.100. The number of fused-ring (bicyclic) bond motifs is 2. The smallest absolute Gasteiger partial charge is 0.226 e. The molecule has 1 aromatic heterocycles. The van der Waals surface area contributed by atoms with Gasteiger partial charge in [-0.3, -0.25) is 4.79 Å². The highest BCUT2D eigenvalue weighted by atomic mass is 16.1. The molecule has 41 heavy (non-hydrogen) atoms. The van der Waals surface area contributed by atoms with Gasteiger partial charge in [-0.25, -0.2) is 0 Å². The molecular weight excluding hydrogens is 508 g/mol. The monoisotopic (exact) mass is 548 g/mol. The average Bonchev–Trinajstić information content (AvgIpc) is 3.69. The van der Waals surface area contributed by atoms with Crippen molar-refractivity contribution in [3.05, 3.63) is 95.0 Å². The number of amides is 1. The number of aromatic nitrogens is 1. The minimum Gasteiger partial charge on any atom is -0.404 e. The maximum atomic E-state index is 12.5. The maximum absolute atomic E-state index is 12.5. The van der Waals surface area contributed by atoms with E-state index in [9.17, 15) is 4.79 Å². The fraction of sp³-hybridized carbons (Fsp3) is 0.324. The number of hydrogen-bond acceptors (Lipinski definition) is 5. The lowest BCUT2D eigenvalue weighted by atomic mass is 9.93. The summed E-state index contributed by atoms with van der Waals surface area (Å²) >= 11 is 0. The van der Waals surface area contributed by atoms with Gasteiger partial charge >= 0.3 is 0 Å². The topological polar surface area (TPSA) is 89.4 Å². The van der Waals surface area contributed by atoms with Crippen molar-refractivity contribution in [2.45, 2.75) is 26.7 Å². The van der Waals surface area contributed by atoms with Gasteiger partial charge in [-0.15, -0.1) is 0 Å². The number of rotatable bonds is 7. The van der Waals surface area contributed by atoms with E-state index in [0.29, 0.717) is 0 Å². The second-order valence-corrected chi connectivity index (χ2v) is 11.6. The molecule has 0 bridgehead atoms. The van der Waals surface area contributed by atoms with Crippen LogP contribution >= 0.6 is 0 Å². The Balaban J connectivity index is 1.34. The van der Waals surface area contributed by atoms with Crippen molar-refractivity contribution >= 4 is 39.3 Å². The molecule has 3 aliphatic rings. The van der Waals surface area contributed by atoms with Crippen LogP contribution in [0.5, 0.6) is 0 Å². The molecule has 1 saturated heterocycles. The molecule has 5 N–H and O–H groups in total. The summed E-state index contributed by atoms with van der Waals surface area (Å²) < 4.78 is 0. The Hall–Kier alpha value is -4.23. The first kappa shape index (κ1) is 27.0. The van der Waals surface area contributed by atoms with E-state index >= 15 is 0 Å². The summed E-state index contributed by atoms with van der Waals surface area (Å²) in [5.74, 6) is -0.100. The van der Waals surface area contributed by atoms with E-state index in [0.717, 1.165) is 84.9 Å². The summed E-state index contributed by atoms with van der Waals surface area (Å²) in [6, 6.07) is 15.3. The molecule has 2 aromatic carbocycles. The number of likely N-dealkylation sites (N-methyl/N-ethyl adjacent to an activating group) is 1. The molecule has 7 nitrogen and oxygen atoms in total. The number of hydrogen-bond donors (Lipinski definition) is 4. The zero-order valence-electron chi connectivity index (χ0n) is 24.3. The second kappa shape index (κ2) is 11.3. The van der Waals surface area contributed by atoms with E-state index in [-0.39, 0.29) is 11.8 Å². The van der Waals surface area contributed by atoms with Gasteiger partial charge in [0.1, 0.15) is 0 Å². The van der Waals surface area contributed by atoms with Gasteiger partial charge in [-0.1, -0.05) is 37.6 Å². The Morgan fingerprint density at radius 1 is 1.07 bits per heavy atom. The number of carbonyl (C=O) groups is 1. The first-order valence-corrected chi connectivity index (χ1v) is 14.7. The normalized spacial score (nSPS) is 17.8. The summed E-state index contributed by atoms with van der Waals surface area (Å²) in [4.78, 5) is 21.1. The van der Waals surface area contributed by atoms with Crippen LogP contribution in [0.3, 0.4) is 0 Å². The van der Waals surface area contributed by atoms with Crippen molar-refractivity contribution in [3.8, 4) is 0 Å². The summed E-state index contributed by atoms with van der Waals surface area (Å²) in [5, 5.41) is 7.87. The fourth-order valence-corrected chi connectivity index (χ4v) is 5.57. The number of H-pyrrole nitrogens is 1. The van der Waals surface area contributed by atoms with E-state index in [1.165, 1.54) is 22.2 Å². The average molecular weight is 549 g/mol. The van der Waals surface area contributed by atoms with Crippen molar-refractivity contribution in [3.63, 3.8) is 0 Å². The van der Waals surface area contributed by atoms with Crippen LogP contribution in [-0.4, -0.2) is 55.6 Å². The van der Waals surface area contributed by atoms with Gasteiger partial charge in [0, 0.05) is 89.6 Å². The summed E-state index contributed by atoms with van der Waals surface area (Å²) in [6.45, 7) is 8.79. The molecule has 2 fully saturated rings. The third kappa shape index (κ3) is 5.81.